The van der Waals surface area contributed by atoms with E-state index in [0.29, 0.717) is 29.5 Å². The van der Waals surface area contributed by atoms with E-state index in [4.69, 9.17) is 9.52 Å². The summed E-state index contributed by atoms with van der Waals surface area (Å²) in [7, 11) is 0. The third kappa shape index (κ3) is 2.76. The van der Waals surface area contributed by atoms with E-state index in [2.05, 4.69) is 0 Å². The molecule has 0 aliphatic carbocycles. The lowest BCUT2D eigenvalue weighted by Gasteiger charge is -2.19. The molecule has 0 aliphatic heterocycles. The maximum atomic E-state index is 12.3. The van der Waals surface area contributed by atoms with E-state index < -0.39 is 5.97 Å². The van der Waals surface area contributed by atoms with Crippen LogP contribution in [0.5, 0.6) is 0 Å². The van der Waals surface area contributed by atoms with Gasteiger partial charge in [0, 0.05) is 11.9 Å². The molecule has 0 saturated heterocycles. The first-order valence-corrected chi connectivity index (χ1v) is 6.10. The number of carboxylic acid groups (broad SMARTS) is 1. The lowest BCUT2D eigenvalue weighted by atomic mass is 10.1. The number of para-hydroxylation sites is 1. The van der Waals surface area contributed by atoms with Crippen LogP contribution < -0.4 is 0 Å². The van der Waals surface area contributed by atoms with E-state index in [9.17, 15) is 9.59 Å². The van der Waals surface area contributed by atoms with Gasteiger partial charge in [0.15, 0.2) is 0 Å². The molecule has 0 unspecified atom stereocenters. The highest BCUT2D eigenvalue weighted by atomic mass is 16.4. The first-order valence-electron chi connectivity index (χ1n) is 6.10. The number of amides is 1. The second-order valence-electron chi connectivity index (χ2n) is 4.27. The van der Waals surface area contributed by atoms with E-state index >= 15 is 0 Å². The third-order valence-electron chi connectivity index (χ3n) is 2.82. The van der Waals surface area contributed by atoms with Gasteiger partial charge in [0.05, 0.1) is 5.56 Å². The minimum absolute atomic E-state index is 0.299. The molecule has 0 aliphatic rings. The van der Waals surface area contributed by atoms with Crippen molar-refractivity contribution in [2.75, 3.05) is 13.1 Å². The molecule has 100 valence electrons. The minimum Gasteiger partial charge on any atom is -0.480 e. The number of aliphatic carboxylic acids is 1. The molecule has 1 aromatic heterocycles. The quantitative estimate of drug-likeness (QED) is 0.897. The molecule has 5 nitrogen and oxygen atoms in total. The lowest BCUT2D eigenvalue weighted by Crippen LogP contribution is -2.36. The molecule has 0 radical (unpaired) electrons. The average molecular weight is 261 g/mol. The molecular weight excluding hydrogens is 246 g/mol. The van der Waals surface area contributed by atoms with Crippen LogP contribution in [0.4, 0.5) is 0 Å². The number of hydrogen-bond donors (Lipinski definition) is 1. The summed E-state index contributed by atoms with van der Waals surface area (Å²) in [6.45, 7) is 2.01. The van der Waals surface area contributed by atoms with Gasteiger partial charge < -0.3 is 14.4 Å². The van der Waals surface area contributed by atoms with Crippen LogP contribution >= 0.6 is 0 Å². The van der Waals surface area contributed by atoms with Crippen molar-refractivity contribution < 1.29 is 19.1 Å². The van der Waals surface area contributed by atoms with Crippen molar-refractivity contribution >= 4 is 22.8 Å². The van der Waals surface area contributed by atoms with Gasteiger partial charge in [-0.05, 0) is 12.5 Å². The summed E-state index contributed by atoms with van der Waals surface area (Å²) in [6, 6.07) is 7.20. The normalized spacial score (nSPS) is 10.6. The van der Waals surface area contributed by atoms with E-state index in [-0.39, 0.29) is 12.5 Å². The molecule has 0 atom stereocenters. The highest BCUT2D eigenvalue weighted by Crippen LogP contribution is 2.22. The maximum Gasteiger partial charge on any atom is 0.323 e. The standard InChI is InChI=1S/C14H15NO4/c1-2-7-15(8-13(16)17)14(18)11-9-19-12-6-4-3-5-10(11)12/h3-6,9H,2,7-8H2,1H3,(H,16,17). The van der Waals surface area contributed by atoms with Crippen molar-refractivity contribution in [1.29, 1.82) is 0 Å². The average Bonchev–Trinajstić information content (AvgIpc) is 2.80. The summed E-state index contributed by atoms with van der Waals surface area (Å²) in [5.74, 6) is -1.33. The zero-order valence-electron chi connectivity index (χ0n) is 10.6. The van der Waals surface area contributed by atoms with Crippen LogP contribution in [-0.4, -0.2) is 35.0 Å². The van der Waals surface area contributed by atoms with Crippen molar-refractivity contribution in [1.82, 2.24) is 4.90 Å². The Bertz CT molecular complexity index is 602. The van der Waals surface area contributed by atoms with Gasteiger partial charge >= 0.3 is 5.97 Å². The van der Waals surface area contributed by atoms with Gasteiger partial charge in [-0.25, -0.2) is 0 Å². The summed E-state index contributed by atoms with van der Waals surface area (Å²) in [6.07, 6.45) is 2.09. The Morgan fingerprint density at radius 3 is 2.74 bits per heavy atom. The number of nitrogens with zero attached hydrogens (tertiary/aromatic N) is 1. The molecule has 0 fully saturated rings. The minimum atomic E-state index is -1.02. The Balaban J connectivity index is 2.33. The number of hydrogen-bond acceptors (Lipinski definition) is 3. The Hall–Kier alpha value is -2.30. The zero-order valence-corrected chi connectivity index (χ0v) is 10.6. The van der Waals surface area contributed by atoms with Crippen LogP contribution in [0.1, 0.15) is 23.7 Å². The van der Waals surface area contributed by atoms with Gasteiger partial charge in [-0.15, -0.1) is 0 Å². The number of fused-ring (bicyclic) bond motifs is 1. The molecule has 2 rings (SSSR count). The summed E-state index contributed by atoms with van der Waals surface area (Å²) in [5.41, 5.74) is 1.03. The topological polar surface area (TPSA) is 70.8 Å². The molecule has 0 bridgehead atoms. The van der Waals surface area contributed by atoms with Crippen molar-refractivity contribution in [3.8, 4) is 0 Å². The van der Waals surface area contributed by atoms with Crippen LogP contribution in [0.25, 0.3) is 11.0 Å². The molecule has 1 amide bonds. The fourth-order valence-corrected chi connectivity index (χ4v) is 2.00. The SMILES string of the molecule is CCCN(CC(=O)O)C(=O)c1coc2ccccc12. The zero-order chi connectivity index (χ0) is 13.8. The smallest absolute Gasteiger partial charge is 0.323 e. The number of carbonyl (C=O) groups excluding carboxylic acids is 1. The van der Waals surface area contributed by atoms with E-state index in [1.807, 2.05) is 19.1 Å². The van der Waals surface area contributed by atoms with E-state index in [1.54, 1.807) is 12.1 Å². The predicted octanol–water partition coefficient (Wildman–Crippen LogP) is 2.37. The van der Waals surface area contributed by atoms with Gasteiger partial charge in [0.25, 0.3) is 5.91 Å². The molecule has 0 spiro atoms. The first kappa shape index (κ1) is 13.1. The first-order chi connectivity index (χ1) is 9.13. The van der Waals surface area contributed by atoms with Crippen LogP contribution in [0.15, 0.2) is 34.9 Å². The largest absolute Gasteiger partial charge is 0.480 e. The Morgan fingerprint density at radius 1 is 1.32 bits per heavy atom. The van der Waals surface area contributed by atoms with Gasteiger partial charge in [-0.2, -0.15) is 0 Å². The van der Waals surface area contributed by atoms with Crippen LogP contribution in [0.3, 0.4) is 0 Å². The lowest BCUT2D eigenvalue weighted by molar-refractivity contribution is -0.137. The summed E-state index contributed by atoms with van der Waals surface area (Å²) < 4.78 is 5.31. The van der Waals surface area contributed by atoms with Gasteiger partial charge in [0.1, 0.15) is 18.4 Å². The number of carboxylic acids is 1. The van der Waals surface area contributed by atoms with E-state index in [1.165, 1.54) is 11.2 Å². The van der Waals surface area contributed by atoms with Crippen LogP contribution in [0, 0.1) is 0 Å². The second kappa shape index (κ2) is 5.56. The highest BCUT2D eigenvalue weighted by Gasteiger charge is 2.21. The van der Waals surface area contributed by atoms with Crippen molar-refractivity contribution in [3.05, 3.63) is 36.1 Å². The molecular formula is C14H15NO4. The second-order valence-corrected chi connectivity index (χ2v) is 4.27. The monoisotopic (exact) mass is 261 g/mol. The van der Waals surface area contributed by atoms with Gasteiger partial charge in [0.2, 0.25) is 0 Å². The summed E-state index contributed by atoms with van der Waals surface area (Å²) in [4.78, 5) is 24.5. The Labute approximate surface area is 110 Å². The predicted molar refractivity (Wildman–Crippen MR) is 70.0 cm³/mol. The van der Waals surface area contributed by atoms with Gasteiger partial charge in [-0.1, -0.05) is 25.1 Å². The number of furan rings is 1. The number of carbonyl (C=O) groups is 2. The number of rotatable bonds is 5. The molecule has 0 saturated carbocycles. The molecule has 5 heteroatoms. The van der Waals surface area contributed by atoms with Crippen molar-refractivity contribution in [2.45, 2.75) is 13.3 Å². The van der Waals surface area contributed by atoms with Gasteiger partial charge in [-0.3, -0.25) is 9.59 Å². The molecule has 1 aromatic carbocycles. The highest BCUT2D eigenvalue weighted by molar-refractivity contribution is 6.06. The van der Waals surface area contributed by atoms with Crippen molar-refractivity contribution in [3.63, 3.8) is 0 Å². The van der Waals surface area contributed by atoms with Crippen molar-refractivity contribution in [2.24, 2.45) is 0 Å². The van der Waals surface area contributed by atoms with Crippen LogP contribution in [-0.2, 0) is 4.79 Å². The van der Waals surface area contributed by atoms with E-state index in [0.717, 1.165) is 0 Å². The van der Waals surface area contributed by atoms with Crippen LogP contribution in [0.2, 0.25) is 0 Å². The summed E-state index contributed by atoms with van der Waals surface area (Å²) in [5, 5.41) is 9.56. The number of benzene rings is 1. The molecule has 1 N–H and O–H groups in total. The Kier molecular flexibility index (Phi) is 3.85. The maximum absolute atomic E-state index is 12.3. The summed E-state index contributed by atoms with van der Waals surface area (Å²) >= 11 is 0. The molecule has 19 heavy (non-hydrogen) atoms. The fourth-order valence-electron chi connectivity index (χ4n) is 2.00. The molecule has 2 aromatic rings. The Morgan fingerprint density at radius 2 is 2.05 bits per heavy atom. The third-order valence-corrected chi connectivity index (χ3v) is 2.82. The fraction of sp³-hybridized carbons (Fsp3) is 0.286. The molecule has 1 heterocycles.